The van der Waals surface area contributed by atoms with Crippen molar-refractivity contribution >= 4 is 29.3 Å². The molecule has 0 atom stereocenters. The van der Waals surface area contributed by atoms with Crippen LogP contribution in [0, 0.1) is 6.92 Å². The largest absolute Gasteiger partial charge is 0.335 e. The molecule has 0 radical (unpaired) electrons. The number of amides is 2. The lowest BCUT2D eigenvalue weighted by Crippen LogP contribution is -2.32. The maximum atomic E-state index is 12.9. The predicted octanol–water partition coefficient (Wildman–Crippen LogP) is 4.76. The fourth-order valence-corrected chi connectivity index (χ4v) is 3.41. The summed E-state index contributed by atoms with van der Waals surface area (Å²) >= 11 is 1.37. The van der Waals surface area contributed by atoms with E-state index in [0.717, 1.165) is 21.7 Å². The van der Waals surface area contributed by atoms with Gasteiger partial charge in [0.15, 0.2) is 0 Å². The van der Waals surface area contributed by atoms with Crippen LogP contribution in [0.4, 0.5) is 5.69 Å². The van der Waals surface area contributed by atoms with Gasteiger partial charge in [0.1, 0.15) is 0 Å². The molecule has 142 valence electrons. The highest BCUT2D eigenvalue weighted by Gasteiger charge is 2.18. The first-order valence-corrected chi connectivity index (χ1v) is 9.91. The quantitative estimate of drug-likeness (QED) is 0.529. The topological polar surface area (TPSA) is 49.4 Å². The minimum Gasteiger partial charge on any atom is -0.335 e. The molecule has 0 saturated carbocycles. The van der Waals surface area contributed by atoms with E-state index in [1.54, 1.807) is 4.90 Å². The molecule has 0 aliphatic carbocycles. The van der Waals surface area contributed by atoms with Crippen molar-refractivity contribution in [2.24, 2.45) is 0 Å². The second-order valence-corrected chi connectivity index (χ2v) is 7.49. The minimum absolute atomic E-state index is 0.0393. The van der Waals surface area contributed by atoms with Crippen molar-refractivity contribution in [3.63, 3.8) is 0 Å². The Morgan fingerprint density at radius 2 is 1.78 bits per heavy atom. The molecule has 0 bridgehead atoms. The average molecular weight is 383 g/mol. The molecule has 0 aliphatic rings. The molecule has 2 aromatic carbocycles. The fourth-order valence-electron chi connectivity index (χ4n) is 2.57. The summed E-state index contributed by atoms with van der Waals surface area (Å²) in [5, 5.41) is 2.88. The molecular formula is C22H26N2O2S. The molecule has 0 saturated heterocycles. The van der Waals surface area contributed by atoms with E-state index in [1.807, 2.05) is 69.3 Å². The van der Waals surface area contributed by atoms with Gasteiger partial charge in [-0.25, -0.2) is 0 Å². The number of benzene rings is 2. The first kappa shape index (κ1) is 20.8. The number of aryl methyl sites for hydroxylation is 1. The zero-order chi connectivity index (χ0) is 19.8. The lowest BCUT2D eigenvalue weighted by atomic mass is 10.2. The lowest BCUT2D eigenvalue weighted by Gasteiger charge is -2.22. The van der Waals surface area contributed by atoms with Gasteiger partial charge in [-0.15, -0.1) is 11.8 Å². The van der Waals surface area contributed by atoms with Crippen LogP contribution in [0.5, 0.6) is 0 Å². The number of carbonyl (C=O) groups excluding carboxylic acids is 2. The minimum atomic E-state index is -0.0969. The molecule has 2 amide bonds. The predicted molar refractivity (Wildman–Crippen MR) is 113 cm³/mol. The SMILES string of the molecule is C=C(C)CN(CC)C(=O)c1ccccc1SCC(=O)Nc1ccc(C)cc1. The molecule has 0 fully saturated rings. The molecule has 5 heteroatoms. The molecule has 0 unspecified atom stereocenters. The van der Waals surface area contributed by atoms with Crippen molar-refractivity contribution in [1.82, 2.24) is 4.90 Å². The van der Waals surface area contributed by atoms with Gasteiger partial charge in [0.2, 0.25) is 5.91 Å². The summed E-state index contributed by atoms with van der Waals surface area (Å²) in [4.78, 5) is 27.7. The van der Waals surface area contributed by atoms with E-state index in [-0.39, 0.29) is 17.6 Å². The summed E-state index contributed by atoms with van der Waals surface area (Å²) in [6.45, 7) is 10.9. The fraction of sp³-hybridized carbons (Fsp3) is 0.273. The number of likely N-dealkylation sites (N-methyl/N-ethyl adjacent to an activating group) is 1. The standard InChI is InChI=1S/C22H26N2O2S/c1-5-24(14-16(2)3)22(26)19-8-6-7-9-20(19)27-15-21(25)23-18-12-10-17(4)11-13-18/h6-13H,2,5,14-15H2,1,3-4H3,(H,23,25). The molecule has 27 heavy (non-hydrogen) atoms. The molecule has 1 N–H and O–H groups in total. The maximum absolute atomic E-state index is 12.9. The van der Waals surface area contributed by atoms with Crippen LogP contribution < -0.4 is 5.32 Å². The lowest BCUT2D eigenvalue weighted by molar-refractivity contribution is -0.113. The number of nitrogens with zero attached hydrogens (tertiary/aromatic N) is 1. The van der Waals surface area contributed by atoms with Crippen molar-refractivity contribution < 1.29 is 9.59 Å². The maximum Gasteiger partial charge on any atom is 0.255 e. The van der Waals surface area contributed by atoms with E-state index < -0.39 is 0 Å². The van der Waals surface area contributed by atoms with Gasteiger partial charge in [0.25, 0.3) is 5.91 Å². The third-order valence-electron chi connectivity index (χ3n) is 3.94. The van der Waals surface area contributed by atoms with Crippen LogP contribution >= 0.6 is 11.8 Å². The highest BCUT2D eigenvalue weighted by molar-refractivity contribution is 8.00. The van der Waals surface area contributed by atoms with Crippen molar-refractivity contribution in [3.8, 4) is 0 Å². The molecule has 0 spiro atoms. The van der Waals surface area contributed by atoms with Crippen molar-refractivity contribution in [2.75, 3.05) is 24.2 Å². The number of hydrogen-bond donors (Lipinski definition) is 1. The van der Waals surface area contributed by atoms with Gasteiger partial charge in [0.05, 0.1) is 11.3 Å². The van der Waals surface area contributed by atoms with E-state index >= 15 is 0 Å². The van der Waals surface area contributed by atoms with Crippen LogP contribution in [-0.4, -0.2) is 35.6 Å². The highest BCUT2D eigenvalue weighted by atomic mass is 32.2. The monoisotopic (exact) mass is 382 g/mol. The summed E-state index contributed by atoms with van der Waals surface area (Å²) in [7, 11) is 0. The first-order chi connectivity index (χ1) is 12.9. The zero-order valence-electron chi connectivity index (χ0n) is 16.1. The molecule has 2 rings (SSSR count). The van der Waals surface area contributed by atoms with Gasteiger partial charge in [-0.3, -0.25) is 9.59 Å². The van der Waals surface area contributed by atoms with E-state index in [2.05, 4.69) is 11.9 Å². The molecule has 0 aromatic heterocycles. The summed E-state index contributed by atoms with van der Waals surface area (Å²) in [6, 6.07) is 15.1. The summed E-state index contributed by atoms with van der Waals surface area (Å²) in [6.07, 6.45) is 0. The van der Waals surface area contributed by atoms with Crippen molar-refractivity contribution in [1.29, 1.82) is 0 Å². The van der Waals surface area contributed by atoms with Gasteiger partial charge >= 0.3 is 0 Å². The number of anilines is 1. The van der Waals surface area contributed by atoms with Crippen molar-refractivity contribution in [2.45, 2.75) is 25.7 Å². The Bertz CT molecular complexity index is 815. The number of rotatable bonds is 8. The van der Waals surface area contributed by atoms with E-state index in [1.165, 1.54) is 11.8 Å². The van der Waals surface area contributed by atoms with Crippen LogP contribution in [0.15, 0.2) is 65.6 Å². The number of thioether (sulfide) groups is 1. The Morgan fingerprint density at radius 1 is 1.11 bits per heavy atom. The molecule has 2 aromatic rings. The van der Waals surface area contributed by atoms with Gasteiger partial charge in [-0.05, 0) is 45.0 Å². The second kappa shape index (κ2) is 9.97. The van der Waals surface area contributed by atoms with E-state index in [4.69, 9.17) is 0 Å². The average Bonchev–Trinajstić information content (AvgIpc) is 2.66. The third-order valence-corrected chi connectivity index (χ3v) is 5.01. The second-order valence-electron chi connectivity index (χ2n) is 6.48. The van der Waals surface area contributed by atoms with Crippen LogP contribution in [0.2, 0.25) is 0 Å². The van der Waals surface area contributed by atoms with Crippen LogP contribution in [0.1, 0.15) is 29.8 Å². The third kappa shape index (κ3) is 6.29. The molecular weight excluding hydrogens is 356 g/mol. The first-order valence-electron chi connectivity index (χ1n) is 8.92. The van der Waals surface area contributed by atoms with Crippen LogP contribution in [0.3, 0.4) is 0 Å². The summed E-state index contributed by atoms with van der Waals surface area (Å²) in [5.41, 5.74) is 3.47. The smallest absolute Gasteiger partial charge is 0.255 e. The summed E-state index contributed by atoms with van der Waals surface area (Å²) < 4.78 is 0. The number of carbonyl (C=O) groups is 2. The van der Waals surface area contributed by atoms with Crippen molar-refractivity contribution in [3.05, 3.63) is 71.8 Å². The van der Waals surface area contributed by atoms with Gasteiger partial charge in [-0.1, -0.05) is 42.0 Å². The number of nitrogens with one attached hydrogen (secondary N) is 1. The normalized spacial score (nSPS) is 10.3. The van der Waals surface area contributed by atoms with E-state index in [9.17, 15) is 9.59 Å². The van der Waals surface area contributed by atoms with Gasteiger partial charge < -0.3 is 10.2 Å². The van der Waals surface area contributed by atoms with E-state index in [0.29, 0.717) is 18.7 Å². The van der Waals surface area contributed by atoms with Crippen LogP contribution in [-0.2, 0) is 4.79 Å². The Kier molecular flexibility index (Phi) is 7.67. The Hall–Kier alpha value is -2.53. The summed E-state index contributed by atoms with van der Waals surface area (Å²) in [5.74, 6) is 0.105. The molecule has 4 nitrogen and oxygen atoms in total. The van der Waals surface area contributed by atoms with Gasteiger partial charge in [0, 0.05) is 23.7 Å². The number of hydrogen-bond acceptors (Lipinski definition) is 3. The Morgan fingerprint density at radius 3 is 2.41 bits per heavy atom. The van der Waals surface area contributed by atoms with Crippen LogP contribution in [0.25, 0.3) is 0 Å². The highest BCUT2D eigenvalue weighted by Crippen LogP contribution is 2.24. The Labute approximate surface area is 165 Å². The molecule has 0 aliphatic heterocycles. The zero-order valence-corrected chi connectivity index (χ0v) is 16.9. The molecule has 0 heterocycles. The Balaban J connectivity index is 2.04. The van der Waals surface area contributed by atoms with Gasteiger partial charge in [-0.2, -0.15) is 0 Å².